The number of rotatable bonds is 7. The fraction of sp³-hybridized carbons (Fsp3) is 0.500. The van der Waals surface area contributed by atoms with Crippen LogP contribution in [0.15, 0.2) is 18.2 Å². The molecule has 4 N–H and O–H groups in total. The second-order valence-corrected chi connectivity index (χ2v) is 5.52. The van der Waals surface area contributed by atoms with Crippen molar-refractivity contribution in [1.29, 1.82) is 0 Å². The van der Waals surface area contributed by atoms with Crippen LogP contribution in [-0.2, 0) is 0 Å². The lowest BCUT2D eigenvalue weighted by Crippen LogP contribution is -2.41. The number of hydrogen-bond acceptors (Lipinski definition) is 5. The highest BCUT2D eigenvalue weighted by Crippen LogP contribution is 2.19. The van der Waals surface area contributed by atoms with Crippen molar-refractivity contribution in [2.45, 2.75) is 25.1 Å². The molecule has 6 heteroatoms. The van der Waals surface area contributed by atoms with Gasteiger partial charge in [-0.2, -0.15) is 11.8 Å². The second kappa shape index (κ2) is 8.01. The summed E-state index contributed by atoms with van der Waals surface area (Å²) in [5, 5.41) is 12.1. The first-order valence-electron chi connectivity index (χ1n) is 6.49. The number of hydrogen-bond donors (Lipinski definition) is 3. The Morgan fingerprint density at radius 1 is 1.50 bits per heavy atom. The Labute approximate surface area is 123 Å². The average Bonchev–Trinajstić information content (AvgIpc) is 2.39. The normalized spacial score (nSPS) is 13.6. The second-order valence-electron chi connectivity index (χ2n) is 4.44. The first-order valence-corrected chi connectivity index (χ1v) is 7.78. The zero-order valence-electron chi connectivity index (χ0n) is 12.1. The van der Waals surface area contributed by atoms with Gasteiger partial charge in [0.25, 0.3) is 5.91 Å². The van der Waals surface area contributed by atoms with Crippen molar-refractivity contribution < 1.29 is 14.6 Å². The maximum absolute atomic E-state index is 12.2. The Hall–Kier alpha value is -1.40. The Morgan fingerprint density at radius 3 is 2.75 bits per heavy atom. The van der Waals surface area contributed by atoms with E-state index in [0.29, 0.717) is 23.6 Å². The molecule has 0 heterocycles. The van der Waals surface area contributed by atoms with Gasteiger partial charge in [-0.1, -0.05) is 0 Å². The third-order valence-corrected chi connectivity index (χ3v) is 4.06. The quantitative estimate of drug-likeness (QED) is 0.665. The molecule has 112 valence electrons. The predicted molar refractivity (Wildman–Crippen MR) is 83.3 cm³/mol. The molecule has 0 saturated heterocycles. The molecule has 0 saturated carbocycles. The molecule has 2 unspecified atom stereocenters. The van der Waals surface area contributed by atoms with E-state index >= 15 is 0 Å². The summed E-state index contributed by atoms with van der Waals surface area (Å²) in [4.78, 5) is 12.2. The molecule has 0 spiro atoms. The van der Waals surface area contributed by atoms with Crippen LogP contribution in [0.25, 0.3) is 0 Å². The number of aliphatic hydroxyl groups excluding tert-OH is 1. The molecule has 20 heavy (non-hydrogen) atoms. The molecule has 0 aliphatic heterocycles. The lowest BCUT2D eigenvalue weighted by molar-refractivity contribution is 0.0935. The largest absolute Gasteiger partial charge is 0.494 e. The number of anilines is 1. The van der Waals surface area contributed by atoms with Crippen molar-refractivity contribution in [2.75, 3.05) is 25.2 Å². The van der Waals surface area contributed by atoms with E-state index in [0.717, 1.165) is 0 Å². The zero-order valence-corrected chi connectivity index (χ0v) is 12.9. The van der Waals surface area contributed by atoms with Gasteiger partial charge in [-0.3, -0.25) is 4.79 Å². The van der Waals surface area contributed by atoms with E-state index in [-0.39, 0.29) is 23.8 Å². The lowest BCUT2D eigenvalue weighted by Gasteiger charge is -2.21. The fourth-order valence-electron chi connectivity index (χ4n) is 1.82. The predicted octanol–water partition coefficient (Wildman–Crippen LogP) is 1.51. The number of carbonyl (C=O) groups is 1. The van der Waals surface area contributed by atoms with Gasteiger partial charge >= 0.3 is 0 Å². The first-order chi connectivity index (χ1) is 9.51. The summed E-state index contributed by atoms with van der Waals surface area (Å²) in [6, 6.07) is 4.81. The third kappa shape index (κ3) is 4.61. The number of ether oxygens (including phenoxy) is 1. The molecule has 1 rings (SSSR count). The van der Waals surface area contributed by atoms with E-state index in [2.05, 4.69) is 5.32 Å². The molecule has 1 amide bonds. The van der Waals surface area contributed by atoms with Gasteiger partial charge in [0.2, 0.25) is 0 Å². The van der Waals surface area contributed by atoms with Gasteiger partial charge in [-0.15, -0.1) is 0 Å². The van der Waals surface area contributed by atoms with Gasteiger partial charge in [0.05, 0.1) is 13.2 Å². The minimum atomic E-state index is -0.224. The standard InChI is InChI=1S/C14H22N2O3S/c1-4-19-12-6-10(5-11(15)7-12)14(18)16-9(2)13(8-17)20-3/h5-7,9,13,17H,4,8,15H2,1-3H3,(H,16,18). The average molecular weight is 298 g/mol. The topological polar surface area (TPSA) is 84.6 Å². The lowest BCUT2D eigenvalue weighted by atomic mass is 10.1. The minimum Gasteiger partial charge on any atom is -0.494 e. The number of nitrogen functional groups attached to an aromatic ring is 1. The summed E-state index contributed by atoms with van der Waals surface area (Å²) in [7, 11) is 0. The van der Waals surface area contributed by atoms with Gasteiger partial charge in [-0.25, -0.2) is 0 Å². The van der Waals surface area contributed by atoms with Crippen molar-refractivity contribution in [3.8, 4) is 5.75 Å². The van der Waals surface area contributed by atoms with Crippen molar-refractivity contribution in [1.82, 2.24) is 5.32 Å². The Balaban J connectivity index is 2.81. The number of amides is 1. The zero-order chi connectivity index (χ0) is 15.1. The van der Waals surface area contributed by atoms with E-state index in [9.17, 15) is 9.90 Å². The van der Waals surface area contributed by atoms with Crippen LogP contribution in [-0.4, -0.2) is 41.8 Å². The van der Waals surface area contributed by atoms with E-state index in [1.54, 1.807) is 18.2 Å². The molecule has 5 nitrogen and oxygen atoms in total. The Morgan fingerprint density at radius 2 is 2.20 bits per heavy atom. The fourth-order valence-corrected chi connectivity index (χ4v) is 2.45. The number of nitrogens with one attached hydrogen (secondary N) is 1. The van der Waals surface area contributed by atoms with E-state index in [1.807, 2.05) is 20.1 Å². The van der Waals surface area contributed by atoms with Gasteiger partial charge in [0, 0.05) is 28.6 Å². The highest BCUT2D eigenvalue weighted by Gasteiger charge is 2.18. The van der Waals surface area contributed by atoms with Crippen molar-refractivity contribution in [2.24, 2.45) is 0 Å². The number of aliphatic hydroxyl groups is 1. The summed E-state index contributed by atoms with van der Waals surface area (Å²) in [5.74, 6) is 0.354. The highest BCUT2D eigenvalue weighted by molar-refractivity contribution is 7.99. The molecule has 0 radical (unpaired) electrons. The van der Waals surface area contributed by atoms with Crippen LogP contribution in [0.3, 0.4) is 0 Å². The number of thioether (sulfide) groups is 1. The van der Waals surface area contributed by atoms with Crippen molar-refractivity contribution in [3.63, 3.8) is 0 Å². The summed E-state index contributed by atoms with van der Waals surface area (Å²) >= 11 is 1.52. The summed E-state index contributed by atoms with van der Waals surface area (Å²) in [5.41, 5.74) is 6.71. The molecule has 1 aromatic carbocycles. The van der Waals surface area contributed by atoms with Gasteiger partial charge < -0.3 is 20.9 Å². The van der Waals surface area contributed by atoms with Gasteiger partial charge in [0.1, 0.15) is 5.75 Å². The SMILES string of the molecule is CCOc1cc(N)cc(C(=O)NC(C)C(CO)SC)c1. The van der Waals surface area contributed by atoms with Crippen LogP contribution < -0.4 is 15.8 Å². The summed E-state index contributed by atoms with van der Waals surface area (Å²) in [6.07, 6.45) is 1.90. The van der Waals surface area contributed by atoms with Crippen molar-refractivity contribution in [3.05, 3.63) is 23.8 Å². The molecule has 1 aromatic rings. The molecule has 0 aliphatic carbocycles. The molecular formula is C14H22N2O3S. The van der Waals surface area contributed by atoms with Gasteiger partial charge in [0.15, 0.2) is 0 Å². The van der Waals surface area contributed by atoms with Crippen LogP contribution in [0.4, 0.5) is 5.69 Å². The molecule has 0 bridgehead atoms. The van der Waals surface area contributed by atoms with Crippen LogP contribution in [0, 0.1) is 0 Å². The Bertz CT molecular complexity index is 450. The highest BCUT2D eigenvalue weighted by atomic mass is 32.2. The Kier molecular flexibility index (Phi) is 6.67. The van der Waals surface area contributed by atoms with Crippen molar-refractivity contribution >= 4 is 23.4 Å². The maximum atomic E-state index is 12.2. The summed E-state index contributed by atoms with van der Waals surface area (Å²) < 4.78 is 5.37. The minimum absolute atomic E-state index is 0.0176. The van der Waals surface area contributed by atoms with E-state index in [1.165, 1.54) is 11.8 Å². The number of nitrogens with two attached hydrogens (primary N) is 1. The molecule has 0 aliphatic rings. The van der Waals surface area contributed by atoms with Crippen LogP contribution in [0.5, 0.6) is 5.75 Å². The maximum Gasteiger partial charge on any atom is 0.251 e. The molecule has 0 aromatic heterocycles. The van der Waals surface area contributed by atoms with E-state index in [4.69, 9.17) is 10.5 Å². The molecule has 2 atom stereocenters. The third-order valence-electron chi connectivity index (χ3n) is 2.90. The number of carbonyl (C=O) groups excluding carboxylic acids is 1. The van der Waals surface area contributed by atoms with Crippen LogP contribution in [0.2, 0.25) is 0 Å². The van der Waals surface area contributed by atoms with E-state index < -0.39 is 0 Å². The molecule has 0 fully saturated rings. The van der Waals surface area contributed by atoms with Crippen LogP contribution >= 0.6 is 11.8 Å². The molecular weight excluding hydrogens is 276 g/mol. The number of benzene rings is 1. The van der Waals surface area contributed by atoms with Crippen LogP contribution in [0.1, 0.15) is 24.2 Å². The van der Waals surface area contributed by atoms with Gasteiger partial charge in [-0.05, 0) is 32.2 Å². The summed E-state index contributed by atoms with van der Waals surface area (Å²) in [6.45, 7) is 4.27. The first kappa shape index (κ1) is 16.7. The smallest absolute Gasteiger partial charge is 0.251 e. The monoisotopic (exact) mass is 298 g/mol.